The molecule has 3 aromatic rings. The Hall–Kier alpha value is -2.80. The topological polar surface area (TPSA) is 56.9 Å². The van der Waals surface area contributed by atoms with Crippen molar-refractivity contribution >= 4 is 29.3 Å². The lowest BCUT2D eigenvalue weighted by atomic mass is 9.91. The summed E-state index contributed by atoms with van der Waals surface area (Å²) in [5.74, 6) is -0.466. The molecule has 0 atom stereocenters. The molecule has 0 N–H and O–H groups in total. The van der Waals surface area contributed by atoms with E-state index in [0.29, 0.717) is 20.4 Å². The molecule has 27 heavy (non-hydrogen) atoms. The fourth-order valence-corrected chi connectivity index (χ4v) is 3.44. The number of halogens is 1. The molecule has 0 unspecified atom stereocenters. The third-order valence-electron chi connectivity index (χ3n) is 4.11. The van der Waals surface area contributed by atoms with E-state index in [0.717, 1.165) is 0 Å². The SMILES string of the molecule is Cn1c(=CC(=O)C(C)(C)C)sc(=Cc2ccc(-n3ccnc3)c(F)c2)c1=O. The van der Waals surface area contributed by atoms with Crippen molar-refractivity contribution in [3.05, 3.63) is 67.8 Å². The molecule has 0 aliphatic carbocycles. The highest BCUT2D eigenvalue weighted by Crippen LogP contribution is 2.16. The predicted molar refractivity (Wildman–Crippen MR) is 105 cm³/mol. The van der Waals surface area contributed by atoms with Crippen LogP contribution in [0.2, 0.25) is 0 Å². The molecule has 3 rings (SSSR count). The van der Waals surface area contributed by atoms with Crippen LogP contribution in [0.5, 0.6) is 0 Å². The van der Waals surface area contributed by atoms with Crippen molar-refractivity contribution in [1.29, 1.82) is 0 Å². The molecule has 7 heteroatoms. The van der Waals surface area contributed by atoms with Crippen LogP contribution in [0.1, 0.15) is 26.3 Å². The molecule has 140 valence electrons. The highest BCUT2D eigenvalue weighted by Gasteiger charge is 2.19. The van der Waals surface area contributed by atoms with Crippen molar-refractivity contribution in [3.8, 4) is 5.69 Å². The number of hydrogen-bond acceptors (Lipinski definition) is 4. The Bertz CT molecular complexity index is 1170. The number of carbonyl (C=O) groups excluding carboxylic acids is 1. The second-order valence-electron chi connectivity index (χ2n) is 7.25. The number of benzene rings is 1. The van der Waals surface area contributed by atoms with Gasteiger partial charge in [-0.15, -0.1) is 11.3 Å². The molecule has 2 heterocycles. The number of thiazole rings is 1. The summed E-state index contributed by atoms with van der Waals surface area (Å²) in [6, 6.07) is 4.75. The minimum Gasteiger partial charge on any atom is -0.303 e. The Morgan fingerprint density at radius 2 is 2.04 bits per heavy atom. The standard InChI is InChI=1S/C20H20FN3O2S/c1-20(2,3)17(25)11-18-23(4)19(26)16(27-18)10-13-5-6-15(14(21)9-13)24-8-7-22-12-24/h5-12H,1-4H3. The van der Waals surface area contributed by atoms with E-state index in [1.165, 1.54) is 34.4 Å². The molecule has 0 radical (unpaired) electrons. The number of carbonyl (C=O) groups is 1. The Morgan fingerprint density at radius 3 is 2.63 bits per heavy atom. The molecule has 0 spiro atoms. The van der Waals surface area contributed by atoms with Gasteiger partial charge in [0.05, 0.1) is 16.5 Å². The van der Waals surface area contributed by atoms with E-state index < -0.39 is 11.2 Å². The molecule has 0 aliphatic heterocycles. The van der Waals surface area contributed by atoms with Crippen LogP contribution in [-0.2, 0) is 11.8 Å². The van der Waals surface area contributed by atoms with Gasteiger partial charge in [0.1, 0.15) is 10.5 Å². The number of Topliss-reactive ketones (excluding diaryl/α,β-unsaturated/α-hetero) is 1. The smallest absolute Gasteiger partial charge is 0.268 e. The van der Waals surface area contributed by atoms with Gasteiger partial charge in [0.2, 0.25) is 0 Å². The van der Waals surface area contributed by atoms with Crippen molar-refractivity contribution < 1.29 is 9.18 Å². The monoisotopic (exact) mass is 385 g/mol. The van der Waals surface area contributed by atoms with Crippen LogP contribution in [0.25, 0.3) is 17.8 Å². The first-order chi connectivity index (χ1) is 12.7. The lowest BCUT2D eigenvalue weighted by molar-refractivity contribution is -0.120. The van der Waals surface area contributed by atoms with E-state index in [2.05, 4.69) is 4.98 Å². The summed E-state index contributed by atoms with van der Waals surface area (Å²) in [5.41, 5.74) is 0.223. The van der Waals surface area contributed by atoms with Crippen molar-refractivity contribution in [2.24, 2.45) is 12.5 Å². The maximum atomic E-state index is 14.4. The summed E-state index contributed by atoms with van der Waals surface area (Å²) in [6.07, 6.45) is 7.88. The van der Waals surface area contributed by atoms with Crippen molar-refractivity contribution in [1.82, 2.24) is 14.1 Å². The third kappa shape index (κ3) is 3.98. The first-order valence-electron chi connectivity index (χ1n) is 8.38. The van der Waals surface area contributed by atoms with E-state index in [4.69, 9.17) is 0 Å². The highest BCUT2D eigenvalue weighted by atomic mass is 32.1. The van der Waals surface area contributed by atoms with Crippen LogP contribution in [0.4, 0.5) is 4.39 Å². The Labute approximate surface area is 159 Å². The van der Waals surface area contributed by atoms with Gasteiger partial charge in [0, 0.05) is 30.9 Å². The molecule has 2 aromatic heterocycles. The largest absolute Gasteiger partial charge is 0.303 e. The van der Waals surface area contributed by atoms with Crippen molar-refractivity contribution in [3.63, 3.8) is 0 Å². The molecule has 0 bridgehead atoms. The van der Waals surface area contributed by atoms with Gasteiger partial charge in [-0.3, -0.25) is 9.59 Å². The quantitative estimate of drug-likeness (QED) is 0.693. The molecule has 0 aliphatic rings. The number of nitrogens with zero attached hydrogens (tertiary/aromatic N) is 3. The zero-order chi connectivity index (χ0) is 19.8. The number of ketones is 1. The Morgan fingerprint density at radius 1 is 1.30 bits per heavy atom. The Balaban J connectivity index is 2.05. The van der Waals surface area contributed by atoms with E-state index in [1.807, 2.05) is 20.8 Å². The molecule has 0 fully saturated rings. The van der Waals surface area contributed by atoms with Gasteiger partial charge in [-0.2, -0.15) is 0 Å². The van der Waals surface area contributed by atoms with Crippen molar-refractivity contribution in [2.75, 3.05) is 0 Å². The first-order valence-corrected chi connectivity index (χ1v) is 9.20. The zero-order valence-electron chi connectivity index (χ0n) is 15.6. The number of rotatable bonds is 3. The lowest BCUT2D eigenvalue weighted by Gasteiger charge is -2.12. The summed E-state index contributed by atoms with van der Waals surface area (Å²) < 4.78 is 18.4. The van der Waals surface area contributed by atoms with Crippen LogP contribution in [0.15, 0.2) is 41.7 Å². The molecule has 5 nitrogen and oxygen atoms in total. The molecular weight excluding hydrogens is 365 g/mol. The van der Waals surface area contributed by atoms with Crippen molar-refractivity contribution in [2.45, 2.75) is 20.8 Å². The normalized spacial score (nSPS) is 13.4. The number of hydrogen-bond donors (Lipinski definition) is 0. The van der Waals surface area contributed by atoms with Gasteiger partial charge in [-0.25, -0.2) is 9.37 Å². The summed E-state index contributed by atoms with van der Waals surface area (Å²) in [5, 5.41) is 0. The zero-order valence-corrected chi connectivity index (χ0v) is 16.4. The second kappa shape index (κ2) is 7.08. The molecule has 0 amide bonds. The van der Waals surface area contributed by atoms with Gasteiger partial charge < -0.3 is 9.13 Å². The van der Waals surface area contributed by atoms with E-state index in [1.54, 1.807) is 42.2 Å². The van der Waals surface area contributed by atoms with E-state index in [-0.39, 0.29) is 11.3 Å². The van der Waals surface area contributed by atoms with E-state index >= 15 is 0 Å². The number of imidazole rings is 1. The number of aromatic nitrogens is 3. The van der Waals surface area contributed by atoms with E-state index in [9.17, 15) is 14.0 Å². The molecule has 1 aromatic carbocycles. The summed E-state index contributed by atoms with van der Waals surface area (Å²) in [6.45, 7) is 5.49. The lowest BCUT2D eigenvalue weighted by Crippen LogP contribution is -2.30. The summed E-state index contributed by atoms with van der Waals surface area (Å²) >= 11 is 1.21. The van der Waals surface area contributed by atoms with Crippen LogP contribution >= 0.6 is 11.3 Å². The molecule has 0 saturated heterocycles. The fourth-order valence-electron chi connectivity index (χ4n) is 2.41. The van der Waals surface area contributed by atoms with Crippen LogP contribution in [0.3, 0.4) is 0 Å². The average molecular weight is 385 g/mol. The van der Waals surface area contributed by atoms with Gasteiger partial charge in [-0.05, 0) is 23.8 Å². The van der Waals surface area contributed by atoms with Gasteiger partial charge in [0.25, 0.3) is 5.56 Å². The minimum atomic E-state index is -0.518. The third-order valence-corrected chi connectivity index (χ3v) is 5.22. The highest BCUT2D eigenvalue weighted by molar-refractivity contribution is 7.07. The average Bonchev–Trinajstić information content (AvgIpc) is 3.20. The molecule has 0 saturated carbocycles. The molecular formula is C20H20FN3O2S. The maximum absolute atomic E-state index is 14.4. The van der Waals surface area contributed by atoms with Crippen LogP contribution in [0, 0.1) is 11.2 Å². The summed E-state index contributed by atoms with van der Waals surface area (Å²) in [7, 11) is 1.63. The fraction of sp³-hybridized carbons (Fsp3) is 0.250. The Kier molecular flexibility index (Phi) is 4.97. The minimum absolute atomic E-state index is 0.0540. The second-order valence-corrected chi connectivity index (χ2v) is 8.31. The predicted octanol–water partition coefficient (Wildman–Crippen LogP) is 2.00. The van der Waals surface area contributed by atoms with Gasteiger partial charge in [-0.1, -0.05) is 26.8 Å². The van der Waals surface area contributed by atoms with Gasteiger partial charge in [0.15, 0.2) is 5.78 Å². The first kappa shape index (κ1) is 19.0. The van der Waals surface area contributed by atoms with Crippen LogP contribution < -0.4 is 14.8 Å². The van der Waals surface area contributed by atoms with Crippen LogP contribution in [-0.4, -0.2) is 19.9 Å². The maximum Gasteiger partial charge on any atom is 0.268 e. The summed E-state index contributed by atoms with van der Waals surface area (Å²) in [4.78, 5) is 28.6. The van der Waals surface area contributed by atoms with Gasteiger partial charge >= 0.3 is 0 Å².